The van der Waals surface area contributed by atoms with Crippen LogP contribution < -0.4 is 14.8 Å². The lowest BCUT2D eigenvalue weighted by Gasteiger charge is -2.08. The fourth-order valence-corrected chi connectivity index (χ4v) is 2.22. The normalized spacial score (nSPS) is 13.8. The molecule has 1 aliphatic rings. The van der Waals surface area contributed by atoms with E-state index < -0.39 is 12.6 Å². The minimum atomic E-state index is -4.06. The lowest BCUT2D eigenvalue weighted by atomic mass is 10.2. The number of nitrogens with one attached hydrogen (secondary N) is 1. The van der Waals surface area contributed by atoms with E-state index in [9.17, 15) is 13.2 Å². The highest BCUT2D eigenvalue weighted by Crippen LogP contribution is 2.39. The van der Waals surface area contributed by atoms with Crippen molar-refractivity contribution in [2.75, 3.05) is 13.3 Å². The van der Waals surface area contributed by atoms with Gasteiger partial charge in [0.25, 0.3) is 0 Å². The maximum atomic E-state index is 11.9. The Balaban J connectivity index is 1.71. The standard InChI is InChI=1S/C13H15ClF3NO2/c14-10-5-9(6-11-12(10)20-8-19-11)7-18-4-2-1-3-13(15,16)17/h5-6,18H,1-4,7-8H2. The maximum absolute atomic E-state index is 11.9. The van der Waals surface area contributed by atoms with Crippen LogP contribution >= 0.6 is 11.6 Å². The fourth-order valence-electron chi connectivity index (χ4n) is 1.93. The smallest absolute Gasteiger partial charge is 0.389 e. The van der Waals surface area contributed by atoms with Crippen LogP contribution in [0.15, 0.2) is 12.1 Å². The Morgan fingerprint density at radius 3 is 2.75 bits per heavy atom. The van der Waals surface area contributed by atoms with Crippen LogP contribution in [0.3, 0.4) is 0 Å². The molecule has 20 heavy (non-hydrogen) atoms. The second kappa shape index (κ2) is 6.54. The van der Waals surface area contributed by atoms with E-state index >= 15 is 0 Å². The van der Waals surface area contributed by atoms with Crippen LogP contribution in [-0.4, -0.2) is 19.5 Å². The molecule has 1 N–H and O–H groups in total. The van der Waals surface area contributed by atoms with Crippen LogP contribution in [-0.2, 0) is 6.54 Å². The molecule has 0 aliphatic carbocycles. The van der Waals surface area contributed by atoms with Crippen molar-refractivity contribution < 1.29 is 22.6 Å². The summed E-state index contributed by atoms with van der Waals surface area (Å²) in [4.78, 5) is 0. The molecule has 1 heterocycles. The first kappa shape index (κ1) is 15.3. The average molecular weight is 310 g/mol. The summed E-state index contributed by atoms with van der Waals surface area (Å²) in [6, 6.07) is 3.58. The topological polar surface area (TPSA) is 30.5 Å². The van der Waals surface area contributed by atoms with Crippen molar-refractivity contribution >= 4 is 11.6 Å². The number of benzene rings is 1. The number of unbranched alkanes of at least 4 members (excludes halogenated alkanes) is 1. The molecule has 0 amide bonds. The van der Waals surface area contributed by atoms with E-state index in [0.717, 1.165) is 5.56 Å². The van der Waals surface area contributed by atoms with E-state index in [-0.39, 0.29) is 13.2 Å². The Morgan fingerprint density at radius 2 is 2.00 bits per heavy atom. The molecule has 0 unspecified atom stereocenters. The Labute approximate surface area is 120 Å². The Bertz CT molecular complexity index is 466. The van der Waals surface area contributed by atoms with Crippen molar-refractivity contribution in [3.8, 4) is 11.5 Å². The van der Waals surface area contributed by atoms with Gasteiger partial charge in [0.2, 0.25) is 6.79 Å². The molecule has 0 fully saturated rings. The van der Waals surface area contributed by atoms with Gasteiger partial charge in [0.05, 0.1) is 5.02 Å². The van der Waals surface area contributed by atoms with E-state index in [0.29, 0.717) is 36.0 Å². The molecule has 0 aromatic heterocycles. The predicted octanol–water partition coefficient (Wildman–Crippen LogP) is 3.89. The van der Waals surface area contributed by atoms with Gasteiger partial charge in [0, 0.05) is 13.0 Å². The highest BCUT2D eigenvalue weighted by Gasteiger charge is 2.25. The van der Waals surface area contributed by atoms with Gasteiger partial charge in [-0.15, -0.1) is 0 Å². The predicted molar refractivity (Wildman–Crippen MR) is 69.2 cm³/mol. The van der Waals surface area contributed by atoms with Gasteiger partial charge in [0.1, 0.15) is 0 Å². The van der Waals surface area contributed by atoms with E-state index in [1.54, 1.807) is 6.07 Å². The Hall–Kier alpha value is -1.14. The lowest BCUT2D eigenvalue weighted by molar-refractivity contribution is -0.135. The zero-order valence-electron chi connectivity index (χ0n) is 10.7. The molecule has 0 atom stereocenters. The van der Waals surface area contributed by atoms with Gasteiger partial charge in [0.15, 0.2) is 11.5 Å². The van der Waals surface area contributed by atoms with Crippen LogP contribution in [0, 0.1) is 0 Å². The highest BCUT2D eigenvalue weighted by molar-refractivity contribution is 6.32. The molecule has 1 aromatic rings. The summed E-state index contributed by atoms with van der Waals surface area (Å²) in [5.74, 6) is 1.15. The van der Waals surface area contributed by atoms with Crippen LogP contribution in [0.4, 0.5) is 13.2 Å². The SMILES string of the molecule is FC(F)(F)CCCCNCc1cc(Cl)c2c(c1)OCO2. The van der Waals surface area contributed by atoms with Crippen molar-refractivity contribution in [2.24, 2.45) is 0 Å². The summed E-state index contributed by atoms with van der Waals surface area (Å²) >= 11 is 6.03. The maximum Gasteiger partial charge on any atom is 0.389 e. The number of hydrogen-bond donors (Lipinski definition) is 1. The monoisotopic (exact) mass is 309 g/mol. The second-order valence-corrected chi connectivity index (χ2v) is 4.97. The van der Waals surface area contributed by atoms with Crippen LogP contribution in [0.1, 0.15) is 24.8 Å². The van der Waals surface area contributed by atoms with E-state index in [1.165, 1.54) is 0 Å². The van der Waals surface area contributed by atoms with Gasteiger partial charge in [-0.3, -0.25) is 0 Å². The van der Waals surface area contributed by atoms with Crippen molar-refractivity contribution in [3.63, 3.8) is 0 Å². The molecule has 0 saturated carbocycles. The zero-order valence-corrected chi connectivity index (χ0v) is 11.5. The van der Waals surface area contributed by atoms with Gasteiger partial charge in [-0.25, -0.2) is 0 Å². The molecule has 0 bridgehead atoms. The number of fused-ring (bicyclic) bond motifs is 1. The summed E-state index contributed by atoms with van der Waals surface area (Å²) in [7, 11) is 0. The summed E-state index contributed by atoms with van der Waals surface area (Å²) in [5, 5.41) is 3.56. The highest BCUT2D eigenvalue weighted by atomic mass is 35.5. The van der Waals surface area contributed by atoms with E-state index in [4.69, 9.17) is 21.1 Å². The third kappa shape index (κ3) is 4.45. The number of ether oxygens (including phenoxy) is 2. The summed E-state index contributed by atoms with van der Waals surface area (Å²) in [5.41, 5.74) is 0.912. The van der Waals surface area contributed by atoms with Crippen LogP contribution in [0.2, 0.25) is 5.02 Å². The number of hydrogen-bond acceptors (Lipinski definition) is 3. The third-order valence-electron chi connectivity index (χ3n) is 2.88. The first-order valence-corrected chi connectivity index (χ1v) is 6.69. The zero-order chi connectivity index (χ0) is 14.6. The molecule has 3 nitrogen and oxygen atoms in total. The molecule has 1 aliphatic heterocycles. The minimum Gasteiger partial charge on any atom is -0.454 e. The van der Waals surface area contributed by atoms with Crippen LogP contribution in [0.5, 0.6) is 11.5 Å². The Kier molecular flexibility index (Phi) is 4.99. The molecule has 0 saturated heterocycles. The quantitative estimate of drug-likeness (QED) is 0.809. The molecule has 1 aromatic carbocycles. The third-order valence-corrected chi connectivity index (χ3v) is 3.16. The largest absolute Gasteiger partial charge is 0.454 e. The minimum absolute atomic E-state index is 0.137. The lowest BCUT2D eigenvalue weighted by Crippen LogP contribution is -2.16. The van der Waals surface area contributed by atoms with E-state index in [1.807, 2.05) is 6.07 Å². The molecule has 2 rings (SSSR count). The van der Waals surface area contributed by atoms with Crippen molar-refractivity contribution in [1.29, 1.82) is 0 Å². The average Bonchev–Trinajstić information content (AvgIpc) is 2.81. The first-order valence-electron chi connectivity index (χ1n) is 6.31. The number of halogens is 4. The molecule has 112 valence electrons. The molecular formula is C13H15ClF3NO2. The number of rotatable bonds is 6. The molecule has 7 heteroatoms. The summed E-state index contributed by atoms with van der Waals surface area (Å²) in [6.07, 6.45) is -4.18. The molecular weight excluding hydrogens is 295 g/mol. The van der Waals surface area contributed by atoms with Crippen molar-refractivity contribution in [1.82, 2.24) is 5.32 Å². The molecule has 0 spiro atoms. The van der Waals surface area contributed by atoms with Gasteiger partial charge in [-0.2, -0.15) is 13.2 Å². The van der Waals surface area contributed by atoms with Gasteiger partial charge in [-0.05, 0) is 37.1 Å². The van der Waals surface area contributed by atoms with E-state index in [2.05, 4.69) is 5.32 Å². The van der Waals surface area contributed by atoms with Gasteiger partial charge in [-0.1, -0.05) is 11.6 Å². The summed E-state index contributed by atoms with van der Waals surface area (Å²) < 4.78 is 46.3. The summed E-state index contributed by atoms with van der Waals surface area (Å²) in [6.45, 7) is 1.22. The van der Waals surface area contributed by atoms with Crippen LogP contribution in [0.25, 0.3) is 0 Å². The first-order chi connectivity index (χ1) is 9.46. The van der Waals surface area contributed by atoms with Gasteiger partial charge < -0.3 is 14.8 Å². The number of alkyl halides is 3. The molecule has 0 radical (unpaired) electrons. The van der Waals surface area contributed by atoms with Crippen molar-refractivity contribution in [2.45, 2.75) is 32.0 Å². The fraction of sp³-hybridized carbons (Fsp3) is 0.538. The van der Waals surface area contributed by atoms with Crippen molar-refractivity contribution in [3.05, 3.63) is 22.7 Å². The second-order valence-electron chi connectivity index (χ2n) is 4.56. The Morgan fingerprint density at radius 1 is 1.20 bits per heavy atom. The van der Waals surface area contributed by atoms with Gasteiger partial charge >= 0.3 is 6.18 Å².